The van der Waals surface area contributed by atoms with Crippen LogP contribution in [-0.4, -0.2) is 61.2 Å². The maximum atomic E-state index is 12.2. The van der Waals surface area contributed by atoms with E-state index >= 15 is 0 Å². The van der Waals surface area contributed by atoms with Crippen molar-refractivity contribution in [2.45, 2.75) is 58.5 Å². The van der Waals surface area contributed by atoms with E-state index in [0.717, 1.165) is 44.7 Å². The predicted octanol–water partition coefficient (Wildman–Crippen LogP) is 5.24. The van der Waals surface area contributed by atoms with Crippen molar-refractivity contribution in [2.24, 2.45) is 11.3 Å². The molecule has 1 aliphatic heterocycles. The highest BCUT2D eigenvalue weighted by Gasteiger charge is 2.54. The molecule has 2 fully saturated rings. The van der Waals surface area contributed by atoms with Gasteiger partial charge >= 0.3 is 6.09 Å². The lowest BCUT2D eigenvalue weighted by molar-refractivity contribution is 0.0164. The normalized spacial score (nSPS) is 19.8. The lowest BCUT2D eigenvalue weighted by atomic mass is 9.90. The van der Waals surface area contributed by atoms with Crippen molar-refractivity contribution in [1.82, 2.24) is 9.80 Å². The summed E-state index contributed by atoms with van der Waals surface area (Å²) in [6, 6.07) is 5.23. The minimum absolute atomic E-state index is 0.117. The van der Waals surface area contributed by atoms with Crippen LogP contribution in [-0.2, 0) is 4.74 Å². The average molecular weight is 451 g/mol. The molecule has 1 saturated carbocycles. The zero-order valence-electron chi connectivity index (χ0n) is 19.4. The molecule has 0 bridgehead atoms. The third-order valence-electron chi connectivity index (χ3n) is 6.31. The number of ether oxygens (including phenoxy) is 2. The lowest BCUT2D eigenvalue weighted by Gasteiger charge is -2.34. The molecule has 1 aliphatic carbocycles. The summed E-state index contributed by atoms with van der Waals surface area (Å²) in [4.78, 5) is 27.7. The van der Waals surface area contributed by atoms with Gasteiger partial charge in [0.15, 0.2) is 0 Å². The van der Waals surface area contributed by atoms with E-state index in [0.29, 0.717) is 28.4 Å². The van der Waals surface area contributed by atoms with Gasteiger partial charge in [-0.3, -0.25) is 4.79 Å². The van der Waals surface area contributed by atoms with Gasteiger partial charge in [-0.2, -0.15) is 0 Å². The number of benzene rings is 1. The van der Waals surface area contributed by atoms with E-state index in [4.69, 9.17) is 21.1 Å². The molecule has 1 heterocycles. The standard InChI is InChI=1S/C24H35ClN2O4/c1-23(2,3)31-22(29)27-12-10-24(11-13-27)16-17(24)7-6-14-30-18-8-9-19(20(25)15-18)21(28)26(4)5/h8-9,15,17H,6-7,10-14,16H2,1-5H3/t17-/m1/s1. The monoisotopic (exact) mass is 450 g/mol. The number of piperidine rings is 1. The van der Waals surface area contributed by atoms with E-state index in [-0.39, 0.29) is 12.0 Å². The average Bonchev–Trinajstić information content (AvgIpc) is 3.35. The molecule has 7 heteroatoms. The summed E-state index contributed by atoms with van der Waals surface area (Å²) in [6.07, 6.45) is 5.31. The van der Waals surface area contributed by atoms with Crippen LogP contribution in [0.1, 0.15) is 63.2 Å². The largest absolute Gasteiger partial charge is 0.494 e. The molecule has 6 nitrogen and oxygen atoms in total. The molecule has 0 radical (unpaired) electrons. The zero-order valence-corrected chi connectivity index (χ0v) is 20.1. The fraction of sp³-hybridized carbons (Fsp3) is 0.667. The number of rotatable bonds is 6. The van der Waals surface area contributed by atoms with Gasteiger partial charge in [-0.25, -0.2) is 4.79 Å². The minimum atomic E-state index is -0.444. The summed E-state index contributed by atoms with van der Waals surface area (Å²) in [7, 11) is 3.41. The molecule has 0 unspecified atom stereocenters. The zero-order chi connectivity index (χ0) is 22.8. The van der Waals surface area contributed by atoms with Gasteiger partial charge in [0.1, 0.15) is 11.4 Å². The fourth-order valence-electron chi connectivity index (χ4n) is 4.43. The maximum Gasteiger partial charge on any atom is 0.410 e. The van der Waals surface area contributed by atoms with Crippen LogP contribution >= 0.6 is 11.6 Å². The Kier molecular flexibility index (Phi) is 7.09. The molecule has 1 atom stereocenters. The van der Waals surface area contributed by atoms with Crippen molar-refractivity contribution in [3.05, 3.63) is 28.8 Å². The van der Waals surface area contributed by atoms with Gasteiger partial charge in [0.25, 0.3) is 5.91 Å². The van der Waals surface area contributed by atoms with Gasteiger partial charge < -0.3 is 19.3 Å². The Morgan fingerprint density at radius 2 is 1.90 bits per heavy atom. The number of hydrogen-bond donors (Lipinski definition) is 0. The molecule has 0 N–H and O–H groups in total. The Bertz CT molecular complexity index is 810. The molecule has 1 aromatic rings. The van der Waals surface area contributed by atoms with E-state index in [2.05, 4.69) is 0 Å². The number of carbonyl (C=O) groups is 2. The number of likely N-dealkylation sites (tertiary alicyclic amines) is 1. The van der Waals surface area contributed by atoms with Crippen molar-refractivity contribution in [3.8, 4) is 5.75 Å². The molecule has 1 spiro atoms. The molecule has 31 heavy (non-hydrogen) atoms. The highest BCUT2D eigenvalue weighted by molar-refractivity contribution is 6.34. The summed E-state index contributed by atoms with van der Waals surface area (Å²) in [6.45, 7) is 7.92. The third kappa shape index (κ3) is 6.06. The van der Waals surface area contributed by atoms with Crippen molar-refractivity contribution in [1.29, 1.82) is 0 Å². The summed E-state index contributed by atoms with van der Waals surface area (Å²) >= 11 is 6.24. The Morgan fingerprint density at radius 1 is 1.23 bits per heavy atom. The molecule has 0 aromatic heterocycles. The first kappa shape index (κ1) is 23.7. The Hall–Kier alpha value is -1.95. The van der Waals surface area contributed by atoms with Crippen LogP contribution in [0.5, 0.6) is 5.75 Å². The van der Waals surface area contributed by atoms with Gasteiger partial charge in [-0.1, -0.05) is 11.6 Å². The van der Waals surface area contributed by atoms with E-state index in [1.54, 1.807) is 32.3 Å². The predicted molar refractivity (Wildman–Crippen MR) is 122 cm³/mol. The van der Waals surface area contributed by atoms with Crippen LogP contribution in [0.15, 0.2) is 18.2 Å². The van der Waals surface area contributed by atoms with E-state index < -0.39 is 5.60 Å². The third-order valence-corrected chi connectivity index (χ3v) is 6.63. The van der Waals surface area contributed by atoms with E-state index in [1.165, 1.54) is 11.3 Å². The Balaban J connectivity index is 1.37. The van der Waals surface area contributed by atoms with Crippen LogP contribution in [0.3, 0.4) is 0 Å². The van der Waals surface area contributed by atoms with Crippen molar-refractivity contribution in [2.75, 3.05) is 33.8 Å². The van der Waals surface area contributed by atoms with Gasteiger partial charge in [0.05, 0.1) is 17.2 Å². The molecule has 172 valence electrons. The maximum absolute atomic E-state index is 12.2. The smallest absolute Gasteiger partial charge is 0.410 e. The van der Waals surface area contributed by atoms with E-state index in [9.17, 15) is 9.59 Å². The second-order valence-corrected chi connectivity index (χ2v) is 10.5. The minimum Gasteiger partial charge on any atom is -0.494 e. The number of amides is 2. The van der Waals surface area contributed by atoms with E-state index in [1.807, 2.05) is 25.7 Å². The Labute approximate surface area is 190 Å². The van der Waals surface area contributed by atoms with Crippen molar-refractivity contribution < 1.29 is 19.1 Å². The lowest BCUT2D eigenvalue weighted by Crippen LogP contribution is -2.42. The molecule has 1 saturated heterocycles. The van der Waals surface area contributed by atoms with Gasteiger partial charge in [0, 0.05) is 27.2 Å². The first-order valence-corrected chi connectivity index (χ1v) is 11.5. The number of nitrogens with zero attached hydrogens (tertiary/aromatic N) is 2. The summed E-state index contributed by atoms with van der Waals surface area (Å²) in [5.41, 5.74) is 0.452. The summed E-state index contributed by atoms with van der Waals surface area (Å²) in [5.74, 6) is 1.30. The Morgan fingerprint density at radius 3 is 2.48 bits per heavy atom. The second-order valence-electron chi connectivity index (χ2n) is 10.1. The van der Waals surface area contributed by atoms with Crippen molar-refractivity contribution in [3.63, 3.8) is 0 Å². The van der Waals surface area contributed by atoms with Crippen LogP contribution in [0.25, 0.3) is 0 Å². The number of hydrogen-bond acceptors (Lipinski definition) is 4. The topological polar surface area (TPSA) is 59.1 Å². The van der Waals surface area contributed by atoms with Gasteiger partial charge in [-0.15, -0.1) is 0 Å². The number of carbonyl (C=O) groups excluding carboxylic acids is 2. The van der Waals surface area contributed by atoms with Crippen LogP contribution in [0.2, 0.25) is 5.02 Å². The van der Waals surface area contributed by atoms with Crippen LogP contribution in [0, 0.1) is 11.3 Å². The molecule has 3 rings (SSSR count). The quantitative estimate of drug-likeness (QED) is 0.556. The molecular weight excluding hydrogens is 416 g/mol. The first-order chi connectivity index (χ1) is 14.5. The van der Waals surface area contributed by atoms with Crippen LogP contribution < -0.4 is 4.74 Å². The SMILES string of the molecule is CN(C)C(=O)c1ccc(OCCC[C@@H]2CC23CCN(C(=O)OC(C)(C)C)CC3)cc1Cl. The summed E-state index contributed by atoms with van der Waals surface area (Å²) < 4.78 is 11.3. The van der Waals surface area contributed by atoms with Crippen molar-refractivity contribution >= 4 is 23.6 Å². The molecule has 1 aromatic carbocycles. The molecule has 2 amide bonds. The molecule has 2 aliphatic rings. The highest BCUT2D eigenvalue weighted by Crippen LogP contribution is 2.61. The fourth-order valence-corrected chi connectivity index (χ4v) is 4.68. The first-order valence-electron chi connectivity index (χ1n) is 11.1. The number of halogens is 1. The highest BCUT2D eigenvalue weighted by atomic mass is 35.5. The van der Waals surface area contributed by atoms with Crippen LogP contribution in [0.4, 0.5) is 4.79 Å². The second kappa shape index (κ2) is 9.27. The van der Waals surface area contributed by atoms with Gasteiger partial charge in [0.2, 0.25) is 0 Å². The van der Waals surface area contributed by atoms with Gasteiger partial charge in [-0.05, 0) is 82.4 Å². The molecular formula is C24H35ClN2O4. The summed E-state index contributed by atoms with van der Waals surface area (Å²) in [5, 5.41) is 0.411.